The Hall–Kier alpha value is -3.31. The second-order valence-corrected chi connectivity index (χ2v) is 5.06. The molecule has 0 saturated carbocycles. The number of aliphatic carboxylic acids is 1. The lowest BCUT2D eigenvalue weighted by atomic mass is 10.0. The second kappa shape index (κ2) is 19.5. The molecule has 2 nitrogen and oxygen atoms in total. The van der Waals surface area contributed by atoms with Crippen LogP contribution in [0.2, 0.25) is 0 Å². The summed E-state index contributed by atoms with van der Waals surface area (Å²) in [5, 5.41) is 8.58. The number of rotatable bonds is 5. The van der Waals surface area contributed by atoms with Crippen LogP contribution in [0.4, 0.5) is 0 Å². The van der Waals surface area contributed by atoms with Crippen LogP contribution < -0.4 is 0 Å². The Morgan fingerprint density at radius 2 is 1.34 bits per heavy atom. The summed E-state index contributed by atoms with van der Waals surface area (Å²) in [6.45, 7) is 16.8. The van der Waals surface area contributed by atoms with Gasteiger partial charge in [0.2, 0.25) is 0 Å². The highest BCUT2D eigenvalue weighted by Gasteiger charge is 1.97. The lowest BCUT2D eigenvalue weighted by molar-refractivity contribution is -0.131. The van der Waals surface area contributed by atoms with Crippen molar-refractivity contribution in [2.75, 3.05) is 0 Å². The topological polar surface area (TPSA) is 37.3 Å². The van der Waals surface area contributed by atoms with Gasteiger partial charge in [-0.3, -0.25) is 0 Å². The molecule has 0 saturated heterocycles. The Balaban J connectivity index is 0. The SMILES string of the molecule is C=CCC=C.CC.CC.CC#Cc1ccc(-c2ccc(/C=C/C(=O)O)cc2)cc1. The molecule has 154 valence electrons. The average molecular weight is 391 g/mol. The molecular formula is C27H34O2. The van der Waals surface area contributed by atoms with E-state index in [1.54, 1.807) is 6.08 Å². The number of carboxylic acids is 1. The summed E-state index contributed by atoms with van der Waals surface area (Å²) < 4.78 is 0. The predicted molar refractivity (Wildman–Crippen MR) is 129 cm³/mol. The van der Waals surface area contributed by atoms with Gasteiger partial charge in [0.05, 0.1) is 0 Å². The van der Waals surface area contributed by atoms with Gasteiger partial charge >= 0.3 is 5.97 Å². The predicted octanol–water partition coefficient (Wildman–Crippen LogP) is 7.62. The maximum absolute atomic E-state index is 10.4. The Morgan fingerprint density at radius 1 is 0.897 bits per heavy atom. The largest absolute Gasteiger partial charge is 0.478 e. The van der Waals surface area contributed by atoms with Gasteiger partial charge in [0.25, 0.3) is 0 Å². The van der Waals surface area contributed by atoms with E-state index in [-0.39, 0.29) is 0 Å². The first kappa shape index (κ1) is 27.9. The summed E-state index contributed by atoms with van der Waals surface area (Å²) in [6, 6.07) is 15.8. The highest BCUT2D eigenvalue weighted by atomic mass is 16.4. The van der Waals surface area contributed by atoms with E-state index >= 15 is 0 Å². The molecule has 0 unspecified atom stereocenters. The molecule has 2 rings (SSSR count). The van der Waals surface area contributed by atoms with Gasteiger partial charge in [-0.2, -0.15) is 0 Å². The number of hydrogen-bond donors (Lipinski definition) is 1. The number of benzene rings is 2. The monoisotopic (exact) mass is 390 g/mol. The van der Waals surface area contributed by atoms with Crippen LogP contribution in [0.3, 0.4) is 0 Å². The molecule has 0 spiro atoms. The Morgan fingerprint density at radius 3 is 1.69 bits per heavy atom. The van der Waals surface area contributed by atoms with Gasteiger partial charge in [0, 0.05) is 11.6 Å². The zero-order chi connectivity index (χ0) is 22.5. The van der Waals surface area contributed by atoms with Crippen molar-refractivity contribution in [1.29, 1.82) is 0 Å². The molecule has 0 atom stereocenters. The van der Waals surface area contributed by atoms with E-state index in [1.165, 1.54) is 0 Å². The van der Waals surface area contributed by atoms with Gasteiger partial charge in [0.1, 0.15) is 0 Å². The van der Waals surface area contributed by atoms with Crippen LogP contribution in [0, 0.1) is 11.8 Å². The zero-order valence-electron chi connectivity index (χ0n) is 18.4. The first-order valence-corrected chi connectivity index (χ1v) is 9.86. The fourth-order valence-corrected chi connectivity index (χ4v) is 1.96. The fraction of sp³-hybridized carbons (Fsp3) is 0.222. The highest BCUT2D eigenvalue weighted by molar-refractivity contribution is 5.85. The summed E-state index contributed by atoms with van der Waals surface area (Å²) in [5.74, 6) is 4.93. The molecule has 1 N–H and O–H groups in total. The third-order valence-electron chi connectivity index (χ3n) is 3.15. The van der Waals surface area contributed by atoms with Crippen molar-refractivity contribution >= 4 is 12.0 Å². The lowest BCUT2D eigenvalue weighted by Crippen LogP contribution is -1.85. The molecule has 0 fully saturated rings. The Labute approximate surface area is 177 Å². The van der Waals surface area contributed by atoms with E-state index in [2.05, 4.69) is 25.0 Å². The average Bonchev–Trinajstić information content (AvgIpc) is 2.77. The number of carbonyl (C=O) groups is 1. The third-order valence-corrected chi connectivity index (χ3v) is 3.15. The van der Waals surface area contributed by atoms with Gasteiger partial charge < -0.3 is 5.11 Å². The molecule has 0 bridgehead atoms. The van der Waals surface area contributed by atoms with E-state index in [0.29, 0.717) is 0 Å². The molecule has 0 heterocycles. The summed E-state index contributed by atoms with van der Waals surface area (Å²) in [6.07, 6.45) is 7.25. The Bertz CT molecular complexity index is 777. The van der Waals surface area contributed by atoms with Crippen LogP contribution >= 0.6 is 0 Å². The quantitative estimate of drug-likeness (QED) is 0.324. The molecule has 0 aliphatic heterocycles. The van der Waals surface area contributed by atoms with Crippen LogP contribution in [-0.2, 0) is 4.79 Å². The van der Waals surface area contributed by atoms with E-state index in [0.717, 1.165) is 34.8 Å². The normalized spacial score (nSPS) is 8.45. The van der Waals surface area contributed by atoms with Gasteiger partial charge in [-0.05, 0) is 48.2 Å². The van der Waals surface area contributed by atoms with E-state index in [4.69, 9.17) is 5.11 Å². The van der Waals surface area contributed by atoms with Crippen LogP contribution in [0.5, 0.6) is 0 Å². The van der Waals surface area contributed by atoms with Gasteiger partial charge in [-0.25, -0.2) is 4.79 Å². The van der Waals surface area contributed by atoms with E-state index < -0.39 is 5.97 Å². The molecule has 0 aromatic heterocycles. The summed E-state index contributed by atoms with van der Waals surface area (Å²) in [5.41, 5.74) is 4.07. The molecule has 2 aromatic carbocycles. The first-order chi connectivity index (χ1) is 14.1. The minimum absolute atomic E-state index is 0.865. The molecule has 0 radical (unpaired) electrons. The second-order valence-electron chi connectivity index (χ2n) is 5.06. The van der Waals surface area contributed by atoms with Gasteiger partial charge in [0.15, 0.2) is 0 Å². The van der Waals surface area contributed by atoms with Crippen LogP contribution in [0.1, 0.15) is 52.2 Å². The molecule has 2 aromatic rings. The molecule has 0 aliphatic rings. The maximum Gasteiger partial charge on any atom is 0.328 e. The molecule has 0 amide bonds. The van der Waals surface area contributed by atoms with E-state index in [1.807, 2.05) is 95.3 Å². The fourth-order valence-electron chi connectivity index (χ4n) is 1.96. The van der Waals surface area contributed by atoms with Gasteiger partial charge in [-0.15, -0.1) is 19.1 Å². The number of hydrogen-bond acceptors (Lipinski definition) is 1. The first-order valence-electron chi connectivity index (χ1n) is 9.86. The maximum atomic E-state index is 10.4. The summed E-state index contributed by atoms with van der Waals surface area (Å²) in [4.78, 5) is 10.4. The number of allylic oxidation sites excluding steroid dienone is 2. The third kappa shape index (κ3) is 13.5. The summed E-state index contributed by atoms with van der Waals surface area (Å²) in [7, 11) is 0. The van der Waals surface area contributed by atoms with Crippen molar-refractivity contribution in [3.63, 3.8) is 0 Å². The zero-order valence-corrected chi connectivity index (χ0v) is 18.4. The van der Waals surface area contributed by atoms with Crippen molar-refractivity contribution in [2.45, 2.75) is 41.0 Å². The van der Waals surface area contributed by atoms with Crippen LogP contribution in [-0.4, -0.2) is 11.1 Å². The van der Waals surface area contributed by atoms with Crippen molar-refractivity contribution in [3.8, 4) is 23.0 Å². The summed E-state index contributed by atoms with van der Waals surface area (Å²) >= 11 is 0. The Kier molecular flexibility index (Phi) is 18.7. The van der Waals surface area contributed by atoms with Crippen molar-refractivity contribution in [1.82, 2.24) is 0 Å². The van der Waals surface area contributed by atoms with Gasteiger partial charge in [-0.1, -0.05) is 82.2 Å². The van der Waals surface area contributed by atoms with Crippen molar-refractivity contribution < 1.29 is 9.90 Å². The lowest BCUT2D eigenvalue weighted by Gasteiger charge is -2.02. The molecule has 2 heteroatoms. The van der Waals surface area contributed by atoms with E-state index in [9.17, 15) is 4.79 Å². The molecular weight excluding hydrogens is 356 g/mol. The minimum atomic E-state index is -0.943. The van der Waals surface area contributed by atoms with Crippen LogP contribution in [0.15, 0.2) is 79.9 Å². The molecule has 0 aliphatic carbocycles. The van der Waals surface area contributed by atoms with Crippen molar-refractivity contribution in [3.05, 3.63) is 91.0 Å². The van der Waals surface area contributed by atoms with Crippen LogP contribution in [0.25, 0.3) is 17.2 Å². The minimum Gasteiger partial charge on any atom is -0.478 e. The molecule has 29 heavy (non-hydrogen) atoms. The number of carboxylic acid groups (broad SMARTS) is 1. The van der Waals surface area contributed by atoms with Crippen molar-refractivity contribution in [2.24, 2.45) is 0 Å². The highest BCUT2D eigenvalue weighted by Crippen LogP contribution is 2.20. The smallest absolute Gasteiger partial charge is 0.328 e. The standard InChI is InChI=1S/C18H14O2.C5H8.2C2H6/c1-2-3-14-4-9-16(10-5-14)17-11-6-15(7-12-17)8-13-18(19)20;1-3-5-4-2;2*1-2/h4-13H,1H3,(H,19,20);3-4H,1-2,5H2;2*1-2H3/b13-8+;;;.